The van der Waals surface area contributed by atoms with E-state index in [1.54, 1.807) is 43.9 Å². The SMILES string of the molecule is CC(C)(C)OC(=O)n1cc(-n2c[n+](CC(=O)O)c3ncnc(N)c32)c2ccccc21. The number of anilines is 1. The van der Waals surface area contributed by atoms with Gasteiger partial charge in [-0.05, 0) is 32.9 Å². The monoisotopic (exact) mass is 409 g/mol. The molecule has 0 unspecified atom stereocenters. The summed E-state index contributed by atoms with van der Waals surface area (Å²) in [6.07, 6.45) is 3.98. The van der Waals surface area contributed by atoms with Crippen LogP contribution in [0.4, 0.5) is 10.6 Å². The van der Waals surface area contributed by atoms with Crippen LogP contribution in [0.15, 0.2) is 43.1 Å². The van der Waals surface area contributed by atoms with E-state index in [0.717, 1.165) is 5.39 Å². The highest BCUT2D eigenvalue weighted by molar-refractivity contribution is 5.97. The van der Waals surface area contributed by atoms with E-state index >= 15 is 0 Å². The molecule has 0 spiro atoms. The molecule has 0 saturated heterocycles. The van der Waals surface area contributed by atoms with Gasteiger partial charge in [-0.15, -0.1) is 0 Å². The van der Waals surface area contributed by atoms with Crippen molar-refractivity contribution in [1.82, 2.24) is 19.1 Å². The van der Waals surface area contributed by atoms with Gasteiger partial charge in [0, 0.05) is 5.39 Å². The maximum absolute atomic E-state index is 12.8. The van der Waals surface area contributed by atoms with Gasteiger partial charge in [0.15, 0.2) is 25.0 Å². The average Bonchev–Trinajstić information content (AvgIpc) is 3.20. The summed E-state index contributed by atoms with van der Waals surface area (Å²) in [5, 5.41) is 10.0. The highest BCUT2D eigenvalue weighted by atomic mass is 16.6. The third kappa shape index (κ3) is 3.32. The molecule has 0 aliphatic heterocycles. The predicted octanol–water partition coefficient (Wildman–Crippen LogP) is 2.11. The smallest absolute Gasteiger partial charge is 0.419 e. The number of hydrogen-bond acceptors (Lipinski definition) is 6. The van der Waals surface area contributed by atoms with Crippen molar-refractivity contribution in [3.63, 3.8) is 0 Å². The number of para-hydroxylation sites is 1. The fraction of sp³-hybridized carbons (Fsp3) is 0.250. The first-order valence-corrected chi connectivity index (χ1v) is 9.22. The Labute approximate surface area is 171 Å². The number of carboxylic acid groups (broad SMARTS) is 1. The van der Waals surface area contributed by atoms with Crippen LogP contribution in [0.2, 0.25) is 0 Å². The second-order valence-corrected chi connectivity index (χ2v) is 7.82. The summed E-state index contributed by atoms with van der Waals surface area (Å²) in [7, 11) is 0. The Balaban J connectivity index is 1.98. The third-order valence-corrected chi connectivity index (χ3v) is 4.45. The third-order valence-electron chi connectivity index (χ3n) is 4.45. The molecule has 0 aliphatic rings. The van der Waals surface area contributed by atoms with Crippen LogP contribution in [0.3, 0.4) is 0 Å². The van der Waals surface area contributed by atoms with Crippen LogP contribution >= 0.6 is 0 Å². The molecule has 4 aromatic rings. The maximum atomic E-state index is 12.8. The predicted molar refractivity (Wildman–Crippen MR) is 108 cm³/mol. The van der Waals surface area contributed by atoms with E-state index in [1.807, 2.05) is 18.2 Å². The number of carboxylic acids is 1. The normalized spacial score (nSPS) is 11.8. The number of carbonyl (C=O) groups excluding carboxylic acids is 1. The zero-order valence-corrected chi connectivity index (χ0v) is 16.7. The Hall–Kier alpha value is -3.95. The zero-order valence-electron chi connectivity index (χ0n) is 16.7. The molecule has 3 heterocycles. The van der Waals surface area contributed by atoms with Crippen LogP contribution in [0, 0.1) is 0 Å². The van der Waals surface area contributed by atoms with Crippen molar-refractivity contribution in [1.29, 1.82) is 0 Å². The van der Waals surface area contributed by atoms with Crippen molar-refractivity contribution in [2.75, 3.05) is 5.73 Å². The first kappa shape index (κ1) is 19.4. The molecule has 3 N–H and O–H groups in total. The molecule has 0 atom stereocenters. The lowest BCUT2D eigenvalue weighted by Gasteiger charge is -2.19. The number of aromatic nitrogens is 5. The lowest BCUT2D eigenvalue weighted by Crippen LogP contribution is -2.37. The first-order chi connectivity index (χ1) is 14.2. The van der Waals surface area contributed by atoms with Gasteiger partial charge in [-0.2, -0.15) is 4.98 Å². The molecule has 1 aromatic carbocycles. The Bertz CT molecular complexity index is 1300. The zero-order chi connectivity index (χ0) is 21.6. The summed E-state index contributed by atoms with van der Waals surface area (Å²) >= 11 is 0. The molecule has 10 nitrogen and oxygen atoms in total. The molecular weight excluding hydrogens is 388 g/mol. The second-order valence-electron chi connectivity index (χ2n) is 7.82. The molecule has 0 bridgehead atoms. The Morgan fingerprint density at radius 3 is 2.67 bits per heavy atom. The van der Waals surface area contributed by atoms with Gasteiger partial charge in [-0.25, -0.2) is 23.3 Å². The van der Waals surface area contributed by atoms with Gasteiger partial charge in [0.2, 0.25) is 5.52 Å². The molecule has 10 heteroatoms. The summed E-state index contributed by atoms with van der Waals surface area (Å²) in [5.74, 6) is -0.828. The highest BCUT2D eigenvalue weighted by Crippen LogP contribution is 2.29. The van der Waals surface area contributed by atoms with Crippen LogP contribution in [-0.4, -0.2) is 41.9 Å². The van der Waals surface area contributed by atoms with E-state index in [4.69, 9.17) is 10.5 Å². The number of nitrogens with two attached hydrogens (primary N) is 1. The molecule has 0 fully saturated rings. The quantitative estimate of drug-likeness (QED) is 0.496. The molecule has 154 valence electrons. The lowest BCUT2D eigenvalue weighted by molar-refractivity contribution is -0.662. The number of imidazole rings is 1. The largest absolute Gasteiger partial charge is 0.479 e. The van der Waals surface area contributed by atoms with Crippen molar-refractivity contribution in [3.05, 3.63) is 43.1 Å². The molecule has 3 aromatic heterocycles. The van der Waals surface area contributed by atoms with Crippen LogP contribution in [0.5, 0.6) is 0 Å². The Morgan fingerprint density at radius 2 is 1.97 bits per heavy atom. The minimum absolute atomic E-state index is 0.193. The minimum Gasteiger partial charge on any atom is -0.479 e. The lowest BCUT2D eigenvalue weighted by atomic mass is 10.2. The van der Waals surface area contributed by atoms with Crippen molar-refractivity contribution in [3.8, 4) is 5.69 Å². The van der Waals surface area contributed by atoms with Crippen LogP contribution in [0.1, 0.15) is 20.8 Å². The van der Waals surface area contributed by atoms with Gasteiger partial charge >= 0.3 is 17.7 Å². The molecule has 0 amide bonds. The van der Waals surface area contributed by atoms with E-state index in [2.05, 4.69) is 9.97 Å². The Kier molecular flexibility index (Phi) is 4.41. The maximum Gasteiger partial charge on any atom is 0.419 e. The number of nitrogens with zero attached hydrogens (tertiary/aromatic N) is 5. The van der Waals surface area contributed by atoms with Gasteiger partial charge in [0.1, 0.15) is 11.3 Å². The fourth-order valence-corrected chi connectivity index (χ4v) is 3.34. The van der Waals surface area contributed by atoms with Gasteiger partial charge < -0.3 is 15.6 Å². The van der Waals surface area contributed by atoms with E-state index < -0.39 is 17.7 Å². The second kappa shape index (κ2) is 6.83. The molecule has 4 rings (SSSR count). The standard InChI is InChI=1S/C20H20N6O4/c1-20(2,3)30-19(29)25-8-14(12-6-4-5-7-13(12)25)26-11-24(9-15(27)28)18-16(26)17(21)22-10-23-18/h4-8,10-11H,9H2,1-3H3,(H2-,21,22,23,27,28)/p+1. The highest BCUT2D eigenvalue weighted by Gasteiger charge is 2.27. The number of benzene rings is 1. The number of hydrogen-bond donors (Lipinski definition) is 2. The number of rotatable bonds is 3. The molecular formula is C20H21N6O4+. The number of aliphatic carboxylic acids is 1. The summed E-state index contributed by atoms with van der Waals surface area (Å²) < 4.78 is 10.1. The number of fused-ring (bicyclic) bond motifs is 2. The van der Waals surface area contributed by atoms with Gasteiger partial charge in [-0.3, -0.25) is 0 Å². The molecule has 0 aliphatic carbocycles. The number of nitrogen functional groups attached to an aromatic ring is 1. The van der Waals surface area contributed by atoms with Gasteiger partial charge in [0.25, 0.3) is 0 Å². The van der Waals surface area contributed by atoms with E-state index in [0.29, 0.717) is 22.4 Å². The van der Waals surface area contributed by atoms with Crippen LogP contribution < -0.4 is 10.3 Å². The van der Waals surface area contributed by atoms with Crippen LogP contribution in [0.25, 0.3) is 27.8 Å². The summed E-state index contributed by atoms with van der Waals surface area (Å²) in [6, 6.07) is 7.34. The summed E-state index contributed by atoms with van der Waals surface area (Å²) in [4.78, 5) is 32.4. The Morgan fingerprint density at radius 1 is 1.23 bits per heavy atom. The summed E-state index contributed by atoms with van der Waals surface area (Å²) in [6.45, 7) is 5.09. The van der Waals surface area contributed by atoms with E-state index in [1.165, 1.54) is 15.5 Å². The van der Waals surface area contributed by atoms with Crippen molar-refractivity contribution < 1.29 is 24.0 Å². The van der Waals surface area contributed by atoms with Crippen LogP contribution in [-0.2, 0) is 16.1 Å². The van der Waals surface area contributed by atoms with Gasteiger partial charge in [0.05, 0.1) is 11.7 Å². The number of ether oxygens (including phenoxy) is 1. The molecule has 30 heavy (non-hydrogen) atoms. The minimum atomic E-state index is -1.02. The summed E-state index contributed by atoms with van der Waals surface area (Å²) in [5.41, 5.74) is 7.52. The topological polar surface area (TPSA) is 129 Å². The average molecular weight is 409 g/mol. The van der Waals surface area contributed by atoms with Gasteiger partial charge in [-0.1, -0.05) is 17.1 Å². The van der Waals surface area contributed by atoms with Crippen molar-refractivity contribution >= 4 is 39.9 Å². The number of carbonyl (C=O) groups is 2. The van der Waals surface area contributed by atoms with Crippen molar-refractivity contribution in [2.24, 2.45) is 0 Å². The van der Waals surface area contributed by atoms with E-state index in [9.17, 15) is 14.7 Å². The van der Waals surface area contributed by atoms with Crippen molar-refractivity contribution in [2.45, 2.75) is 32.9 Å². The van der Waals surface area contributed by atoms with E-state index in [-0.39, 0.29) is 12.4 Å². The fourth-order valence-electron chi connectivity index (χ4n) is 3.34. The first-order valence-electron chi connectivity index (χ1n) is 9.22. The molecule has 0 radical (unpaired) electrons. The molecule has 0 saturated carbocycles.